The van der Waals surface area contributed by atoms with Gasteiger partial charge in [0.25, 0.3) is 5.91 Å². The number of aromatic nitrogens is 1. The van der Waals surface area contributed by atoms with Gasteiger partial charge in [-0.2, -0.15) is 13.2 Å². The molecule has 4 nitrogen and oxygen atoms in total. The summed E-state index contributed by atoms with van der Waals surface area (Å²) in [6, 6.07) is 12.8. The molecule has 3 aromatic rings. The lowest BCUT2D eigenvalue weighted by atomic mass is 10.2. The summed E-state index contributed by atoms with van der Waals surface area (Å²) in [7, 11) is 0. The van der Waals surface area contributed by atoms with Crippen molar-refractivity contribution >= 4 is 34.6 Å². The molecule has 0 bridgehead atoms. The van der Waals surface area contributed by atoms with Crippen LogP contribution in [0.15, 0.2) is 67.0 Å². The summed E-state index contributed by atoms with van der Waals surface area (Å²) >= 11 is 5.89. The predicted octanol–water partition coefficient (Wildman–Crippen LogP) is 5.75. The zero-order valence-electron chi connectivity index (χ0n) is 13.7. The Hall–Kier alpha value is -3.06. The Kier molecular flexibility index (Phi) is 5.32. The summed E-state index contributed by atoms with van der Waals surface area (Å²) in [5, 5.41) is 6.11. The van der Waals surface area contributed by atoms with Gasteiger partial charge in [0.15, 0.2) is 0 Å². The van der Waals surface area contributed by atoms with Crippen molar-refractivity contribution in [1.29, 1.82) is 0 Å². The van der Waals surface area contributed by atoms with Crippen LogP contribution >= 0.6 is 11.6 Å². The number of nitrogens with zero attached hydrogens (tertiary/aromatic N) is 1. The van der Waals surface area contributed by atoms with E-state index in [2.05, 4.69) is 15.6 Å². The molecule has 3 rings (SSSR count). The Morgan fingerprint density at radius 2 is 1.67 bits per heavy atom. The minimum atomic E-state index is -4.39. The van der Waals surface area contributed by atoms with Crippen LogP contribution in [0.25, 0.3) is 0 Å². The van der Waals surface area contributed by atoms with Gasteiger partial charge in [-0.1, -0.05) is 17.7 Å². The second-order valence-electron chi connectivity index (χ2n) is 5.63. The average molecular weight is 392 g/mol. The van der Waals surface area contributed by atoms with Gasteiger partial charge in [0.1, 0.15) is 0 Å². The number of alkyl halides is 3. The molecule has 0 saturated carbocycles. The fraction of sp³-hybridized carbons (Fsp3) is 0.0526. The van der Waals surface area contributed by atoms with Crippen LogP contribution in [-0.4, -0.2) is 10.9 Å². The number of nitrogens with one attached hydrogen (secondary N) is 2. The maximum absolute atomic E-state index is 12.6. The lowest BCUT2D eigenvalue weighted by molar-refractivity contribution is -0.137. The first kappa shape index (κ1) is 18.7. The van der Waals surface area contributed by atoms with Crippen molar-refractivity contribution < 1.29 is 18.0 Å². The first-order chi connectivity index (χ1) is 12.8. The lowest BCUT2D eigenvalue weighted by Crippen LogP contribution is -2.12. The van der Waals surface area contributed by atoms with Crippen LogP contribution in [0.4, 0.5) is 30.2 Å². The summed E-state index contributed by atoms with van der Waals surface area (Å²) in [5.41, 5.74) is 0.993. The molecule has 27 heavy (non-hydrogen) atoms. The van der Waals surface area contributed by atoms with Gasteiger partial charge in [0.2, 0.25) is 0 Å². The van der Waals surface area contributed by atoms with Gasteiger partial charge in [0.05, 0.1) is 23.0 Å². The number of hydrogen-bond donors (Lipinski definition) is 2. The normalized spacial score (nSPS) is 11.1. The van der Waals surface area contributed by atoms with E-state index in [0.29, 0.717) is 22.1 Å². The Labute approximate surface area is 158 Å². The summed E-state index contributed by atoms with van der Waals surface area (Å²) in [4.78, 5) is 16.3. The number of rotatable bonds is 4. The SMILES string of the molecule is O=C(Nc1cccc(Cl)c1)c1cncc(Nc2ccc(C(F)(F)F)cc2)c1. The smallest absolute Gasteiger partial charge is 0.354 e. The number of hydrogen-bond acceptors (Lipinski definition) is 3. The van der Waals surface area contributed by atoms with Gasteiger partial charge in [-0.3, -0.25) is 9.78 Å². The molecular weight excluding hydrogens is 379 g/mol. The minimum Gasteiger partial charge on any atom is -0.354 e. The van der Waals surface area contributed by atoms with Gasteiger partial charge in [-0.05, 0) is 48.5 Å². The van der Waals surface area contributed by atoms with Crippen LogP contribution in [0, 0.1) is 0 Å². The van der Waals surface area contributed by atoms with E-state index in [9.17, 15) is 18.0 Å². The highest BCUT2D eigenvalue weighted by Crippen LogP contribution is 2.30. The summed E-state index contributed by atoms with van der Waals surface area (Å²) in [5.74, 6) is -0.388. The molecule has 1 amide bonds. The molecule has 0 aliphatic carbocycles. The third kappa shape index (κ3) is 4.98. The van der Waals surface area contributed by atoms with E-state index in [0.717, 1.165) is 12.1 Å². The highest BCUT2D eigenvalue weighted by atomic mass is 35.5. The van der Waals surface area contributed by atoms with Crippen LogP contribution in [0.5, 0.6) is 0 Å². The van der Waals surface area contributed by atoms with E-state index in [1.807, 2.05) is 0 Å². The van der Waals surface area contributed by atoms with Crippen LogP contribution in [-0.2, 0) is 6.18 Å². The molecule has 2 aromatic carbocycles. The van der Waals surface area contributed by atoms with Crippen molar-refractivity contribution in [2.45, 2.75) is 6.18 Å². The summed E-state index contributed by atoms with van der Waals surface area (Å²) < 4.78 is 37.8. The Balaban J connectivity index is 1.72. The van der Waals surface area contributed by atoms with Crippen molar-refractivity contribution in [3.8, 4) is 0 Å². The molecule has 0 saturated heterocycles. The van der Waals surface area contributed by atoms with Gasteiger partial charge >= 0.3 is 6.18 Å². The van der Waals surface area contributed by atoms with Gasteiger partial charge in [0, 0.05) is 22.6 Å². The van der Waals surface area contributed by atoms with Gasteiger partial charge in [-0.15, -0.1) is 0 Å². The molecule has 2 N–H and O–H groups in total. The average Bonchev–Trinajstić information content (AvgIpc) is 2.62. The molecule has 1 heterocycles. The highest BCUT2D eigenvalue weighted by molar-refractivity contribution is 6.31. The molecule has 0 aliphatic heterocycles. The van der Waals surface area contributed by atoms with Gasteiger partial charge < -0.3 is 10.6 Å². The van der Waals surface area contributed by atoms with Crippen LogP contribution in [0.2, 0.25) is 5.02 Å². The topological polar surface area (TPSA) is 54.0 Å². The third-order valence-electron chi connectivity index (χ3n) is 3.58. The fourth-order valence-corrected chi connectivity index (χ4v) is 2.50. The van der Waals surface area contributed by atoms with Crippen LogP contribution in [0.3, 0.4) is 0 Å². The van der Waals surface area contributed by atoms with E-state index in [-0.39, 0.29) is 11.5 Å². The molecule has 0 atom stereocenters. The monoisotopic (exact) mass is 391 g/mol. The number of carbonyl (C=O) groups is 1. The van der Waals surface area contributed by atoms with E-state index in [4.69, 9.17) is 11.6 Å². The first-order valence-corrected chi connectivity index (χ1v) is 8.15. The Bertz CT molecular complexity index is 959. The van der Waals surface area contributed by atoms with Crippen LogP contribution < -0.4 is 10.6 Å². The van der Waals surface area contributed by atoms with E-state index < -0.39 is 11.7 Å². The molecule has 0 unspecified atom stereocenters. The predicted molar refractivity (Wildman–Crippen MR) is 98.4 cm³/mol. The van der Waals surface area contributed by atoms with Crippen molar-refractivity contribution in [2.24, 2.45) is 0 Å². The Morgan fingerprint density at radius 3 is 2.33 bits per heavy atom. The number of benzene rings is 2. The molecule has 0 spiro atoms. The van der Waals surface area contributed by atoms with Crippen molar-refractivity contribution in [3.63, 3.8) is 0 Å². The molecule has 0 radical (unpaired) electrons. The minimum absolute atomic E-state index is 0.284. The van der Waals surface area contributed by atoms with Gasteiger partial charge in [-0.25, -0.2) is 0 Å². The van der Waals surface area contributed by atoms with Crippen molar-refractivity contribution in [2.75, 3.05) is 10.6 Å². The summed E-state index contributed by atoms with van der Waals surface area (Å²) in [6.07, 6.45) is -1.54. The van der Waals surface area contributed by atoms with E-state index in [1.165, 1.54) is 24.5 Å². The fourth-order valence-electron chi connectivity index (χ4n) is 2.31. The van der Waals surface area contributed by atoms with E-state index >= 15 is 0 Å². The zero-order chi connectivity index (χ0) is 19.4. The quantitative estimate of drug-likeness (QED) is 0.595. The molecule has 0 fully saturated rings. The molecule has 138 valence electrons. The van der Waals surface area contributed by atoms with E-state index in [1.54, 1.807) is 30.3 Å². The third-order valence-corrected chi connectivity index (χ3v) is 3.82. The second kappa shape index (κ2) is 7.67. The molecule has 1 aromatic heterocycles. The zero-order valence-corrected chi connectivity index (χ0v) is 14.5. The number of carbonyl (C=O) groups excluding carboxylic acids is 1. The number of anilines is 3. The standard InChI is InChI=1S/C19H13ClF3N3O/c20-14-2-1-3-16(9-14)26-18(27)12-8-17(11-24-10-12)25-15-6-4-13(5-7-15)19(21,22)23/h1-11,25H,(H,26,27). The number of pyridine rings is 1. The molecule has 8 heteroatoms. The largest absolute Gasteiger partial charge is 0.416 e. The summed E-state index contributed by atoms with van der Waals surface area (Å²) in [6.45, 7) is 0. The molecular formula is C19H13ClF3N3O. The number of halogens is 4. The maximum Gasteiger partial charge on any atom is 0.416 e. The van der Waals surface area contributed by atoms with Crippen molar-refractivity contribution in [1.82, 2.24) is 4.98 Å². The Morgan fingerprint density at radius 1 is 0.926 bits per heavy atom. The first-order valence-electron chi connectivity index (χ1n) is 7.77. The maximum atomic E-state index is 12.6. The molecule has 0 aliphatic rings. The van der Waals surface area contributed by atoms with Crippen molar-refractivity contribution in [3.05, 3.63) is 83.1 Å². The second-order valence-corrected chi connectivity index (χ2v) is 6.06. The highest BCUT2D eigenvalue weighted by Gasteiger charge is 2.29. The lowest BCUT2D eigenvalue weighted by Gasteiger charge is -2.10. The van der Waals surface area contributed by atoms with Crippen LogP contribution in [0.1, 0.15) is 15.9 Å². The number of amides is 1.